The molecule has 2 heterocycles. The van der Waals surface area contributed by atoms with Gasteiger partial charge in [-0.3, -0.25) is 0 Å². The van der Waals surface area contributed by atoms with Gasteiger partial charge in [-0.15, -0.1) is 0 Å². The summed E-state index contributed by atoms with van der Waals surface area (Å²) in [7, 11) is 0. The molecule has 0 fully saturated rings. The fraction of sp³-hybridized carbons (Fsp3) is 0. The van der Waals surface area contributed by atoms with Crippen molar-refractivity contribution >= 4 is 71.6 Å². The Kier molecular flexibility index (Phi) is 7.17. The molecule has 0 N–H and O–H groups in total. The molecular formula is C52H34N2O. The van der Waals surface area contributed by atoms with E-state index in [1.165, 1.54) is 38.2 Å². The minimum Gasteiger partial charge on any atom is -0.454 e. The second-order valence-corrected chi connectivity index (χ2v) is 14.1. The van der Waals surface area contributed by atoms with Crippen molar-refractivity contribution < 1.29 is 4.42 Å². The zero-order valence-corrected chi connectivity index (χ0v) is 29.9. The van der Waals surface area contributed by atoms with Crippen LogP contribution in [0, 0.1) is 0 Å². The number of rotatable bonds is 6. The summed E-state index contributed by atoms with van der Waals surface area (Å²) >= 11 is 0. The van der Waals surface area contributed by atoms with Gasteiger partial charge in [0.05, 0.1) is 11.0 Å². The van der Waals surface area contributed by atoms with Gasteiger partial charge in [0.25, 0.3) is 0 Å². The van der Waals surface area contributed by atoms with Crippen LogP contribution >= 0.6 is 0 Å². The first-order valence-electron chi connectivity index (χ1n) is 18.8. The number of benzene rings is 9. The molecule has 2 aromatic heterocycles. The van der Waals surface area contributed by atoms with Crippen molar-refractivity contribution in [2.75, 3.05) is 4.90 Å². The highest BCUT2D eigenvalue weighted by Crippen LogP contribution is 2.46. The predicted molar refractivity (Wildman–Crippen MR) is 231 cm³/mol. The van der Waals surface area contributed by atoms with Crippen LogP contribution in [-0.2, 0) is 0 Å². The second-order valence-electron chi connectivity index (χ2n) is 14.1. The van der Waals surface area contributed by atoms with Crippen molar-refractivity contribution in [1.29, 1.82) is 0 Å². The molecule has 258 valence electrons. The molecule has 11 aromatic rings. The Labute approximate surface area is 318 Å². The number of anilines is 3. The standard InChI is InChI=1S/C52H34N2O/c1-3-13-35(14-4-1)37-23-28-41(29-24-37)53(40-17-5-2-6-18-40)42-30-26-38(27-31-42)46-34-47-44-19-10-12-22-49(44)55-52(47)51-50(46)45-20-9-11-21-48(45)54(51)43-32-25-36-15-7-8-16-39(36)33-43/h1-34H. The molecule has 0 saturated heterocycles. The predicted octanol–water partition coefficient (Wildman–Crippen LogP) is 14.6. The summed E-state index contributed by atoms with van der Waals surface area (Å²) < 4.78 is 9.19. The lowest BCUT2D eigenvalue weighted by Gasteiger charge is -2.26. The molecule has 0 spiro atoms. The normalized spacial score (nSPS) is 11.6. The maximum atomic E-state index is 6.79. The van der Waals surface area contributed by atoms with Gasteiger partial charge in [-0.25, -0.2) is 0 Å². The molecular weight excluding hydrogens is 669 g/mol. The number of aromatic nitrogens is 1. The summed E-state index contributed by atoms with van der Waals surface area (Å²) in [4.78, 5) is 2.33. The van der Waals surface area contributed by atoms with Gasteiger partial charge in [-0.2, -0.15) is 0 Å². The molecule has 55 heavy (non-hydrogen) atoms. The second kappa shape index (κ2) is 12.6. The highest BCUT2D eigenvalue weighted by atomic mass is 16.3. The zero-order chi connectivity index (χ0) is 36.3. The molecule has 0 unspecified atom stereocenters. The molecule has 0 radical (unpaired) electrons. The maximum absolute atomic E-state index is 6.79. The molecule has 0 bridgehead atoms. The lowest BCUT2D eigenvalue weighted by molar-refractivity contribution is 0.671. The van der Waals surface area contributed by atoms with E-state index in [-0.39, 0.29) is 0 Å². The Bertz CT molecular complexity index is 3180. The molecule has 9 aromatic carbocycles. The average Bonchev–Trinajstić information content (AvgIpc) is 3.81. The average molecular weight is 703 g/mol. The third-order valence-corrected chi connectivity index (χ3v) is 11.0. The third-order valence-electron chi connectivity index (χ3n) is 11.0. The van der Waals surface area contributed by atoms with Gasteiger partial charge >= 0.3 is 0 Å². The fourth-order valence-electron chi connectivity index (χ4n) is 8.39. The Morgan fingerprint density at radius 3 is 1.75 bits per heavy atom. The van der Waals surface area contributed by atoms with Crippen LogP contribution in [-0.4, -0.2) is 4.57 Å². The van der Waals surface area contributed by atoms with Gasteiger partial charge in [0.15, 0.2) is 5.58 Å². The van der Waals surface area contributed by atoms with Crippen molar-refractivity contribution in [3.05, 3.63) is 206 Å². The van der Waals surface area contributed by atoms with E-state index in [1.54, 1.807) is 0 Å². The van der Waals surface area contributed by atoms with E-state index in [9.17, 15) is 0 Å². The molecule has 3 heteroatoms. The lowest BCUT2D eigenvalue weighted by atomic mass is 9.96. The summed E-state index contributed by atoms with van der Waals surface area (Å²) in [5.41, 5.74) is 13.1. The van der Waals surface area contributed by atoms with Gasteiger partial charge in [0, 0.05) is 44.3 Å². The van der Waals surface area contributed by atoms with Crippen LogP contribution in [0.4, 0.5) is 17.1 Å². The van der Waals surface area contributed by atoms with Gasteiger partial charge in [0.2, 0.25) is 0 Å². The van der Waals surface area contributed by atoms with Crippen molar-refractivity contribution in [2.45, 2.75) is 0 Å². The highest BCUT2D eigenvalue weighted by molar-refractivity contribution is 6.26. The Hall–Kier alpha value is -7.36. The zero-order valence-electron chi connectivity index (χ0n) is 29.9. The first-order valence-corrected chi connectivity index (χ1v) is 18.8. The Morgan fingerprint density at radius 2 is 0.982 bits per heavy atom. The van der Waals surface area contributed by atoms with Gasteiger partial charge < -0.3 is 13.9 Å². The smallest absolute Gasteiger partial charge is 0.160 e. The largest absolute Gasteiger partial charge is 0.454 e. The third kappa shape index (κ3) is 5.13. The van der Waals surface area contributed by atoms with E-state index in [4.69, 9.17) is 4.42 Å². The molecule has 0 atom stereocenters. The van der Waals surface area contributed by atoms with Crippen LogP contribution < -0.4 is 4.90 Å². The first kappa shape index (κ1) is 31.2. The monoisotopic (exact) mass is 702 g/mol. The van der Waals surface area contributed by atoms with Crippen LogP contribution in [0.2, 0.25) is 0 Å². The maximum Gasteiger partial charge on any atom is 0.160 e. The van der Waals surface area contributed by atoms with Gasteiger partial charge in [0.1, 0.15) is 5.58 Å². The van der Waals surface area contributed by atoms with Crippen LogP contribution in [0.5, 0.6) is 0 Å². The van der Waals surface area contributed by atoms with Crippen molar-refractivity contribution in [3.63, 3.8) is 0 Å². The summed E-state index contributed by atoms with van der Waals surface area (Å²) in [6.07, 6.45) is 0. The van der Waals surface area contributed by atoms with Crippen molar-refractivity contribution in [1.82, 2.24) is 4.57 Å². The van der Waals surface area contributed by atoms with Crippen molar-refractivity contribution in [2.24, 2.45) is 0 Å². The summed E-state index contributed by atoms with van der Waals surface area (Å²) in [6, 6.07) is 73.8. The van der Waals surface area contributed by atoms with E-state index in [0.29, 0.717) is 0 Å². The van der Waals surface area contributed by atoms with Gasteiger partial charge in [-0.05, 0) is 99.8 Å². The van der Waals surface area contributed by atoms with E-state index < -0.39 is 0 Å². The number of furan rings is 1. The minimum absolute atomic E-state index is 0.887. The fourth-order valence-corrected chi connectivity index (χ4v) is 8.39. The van der Waals surface area contributed by atoms with Crippen LogP contribution in [0.15, 0.2) is 211 Å². The van der Waals surface area contributed by atoms with E-state index in [0.717, 1.165) is 61.3 Å². The van der Waals surface area contributed by atoms with Crippen molar-refractivity contribution in [3.8, 4) is 27.9 Å². The van der Waals surface area contributed by atoms with Gasteiger partial charge in [-0.1, -0.05) is 140 Å². The SMILES string of the molecule is c1ccc(-c2ccc(N(c3ccccc3)c3ccc(-c4cc5c6ccccc6oc5c5c4c4ccccc4n5-c4ccc5ccccc5c4)cc3)cc2)cc1. The molecule has 0 saturated carbocycles. The lowest BCUT2D eigenvalue weighted by Crippen LogP contribution is -2.09. The van der Waals surface area contributed by atoms with E-state index in [1.807, 2.05) is 6.07 Å². The molecule has 0 amide bonds. The molecule has 0 aliphatic carbocycles. The number of para-hydroxylation sites is 3. The Morgan fingerprint density at radius 1 is 0.400 bits per heavy atom. The number of hydrogen-bond donors (Lipinski definition) is 0. The van der Waals surface area contributed by atoms with Crippen LogP contribution in [0.1, 0.15) is 0 Å². The summed E-state index contributed by atoms with van der Waals surface area (Å²) in [5.74, 6) is 0. The van der Waals surface area contributed by atoms with E-state index in [2.05, 4.69) is 210 Å². The molecule has 0 aliphatic heterocycles. The minimum atomic E-state index is 0.887. The number of nitrogens with zero attached hydrogens (tertiary/aromatic N) is 2. The Balaban J connectivity index is 1.12. The molecule has 11 rings (SSSR count). The quantitative estimate of drug-likeness (QED) is 0.172. The number of fused-ring (bicyclic) bond motifs is 8. The molecule has 0 aliphatic rings. The van der Waals surface area contributed by atoms with E-state index >= 15 is 0 Å². The highest BCUT2D eigenvalue weighted by Gasteiger charge is 2.23. The van der Waals surface area contributed by atoms with Crippen LogP contribution in [0.25, 0.3) is 82.5 Å². The summed E-state index contributed by atoms with van der Waals surface area (Å²) in [5, 5.41) is 7.02. The van der Waals surface area contributed by atoms with Crippen LogP contribution in [0.3, 0.4) is 0 Å². The molecule has 3 nitrogen and oxygen atoms in total. The first-order chi connectivity index (χ1) is 27.3. The summed E-state index contributed by atoms with van der Waals surface area (Å²) in [6.45, 7) is 0. The number of hydrogen-bond acceptors (Lipinski definition) is 2. The topological polar surface area (TPSA) is 21.3 Å².